The highest BCUT2D eigenvalue weighted by Crippen LogP contribution is 2.36. The topological polar surface area (TPSA) is 27.7 Å². The van der Waals surface area contributed by atoms with Gasteiger partial charge in [-0.25, -0.2) is 0 Å². The second-order valence-corrected chi connectivity index (χ2v) is 7.32. The minimum atomic E-state index is -0.304. The van der Waals surface area contributed by atoms with Gasteiger partial charge in [-0.2, -0.15) is 0 Å². The summed E-state index contributed by atoms with van der Waals surface area (Å²) in [6.45, 7) is 13.1. The van der Waals surface area contributed by atoms with Crippen molar-refractivity contribution in [2.24, 2.45) is 0 Å². The molecule has 3 nitrogen and oxygen atoms in total. The van der Waals surface area contributed by atoms with E-state index in [-0.39, 0.29) is 24.4 Å². The van der Waals surface area contributed by atoms with Gasteiger partial charge in [0.15, 0.2) is 0 Å². The maximum atomic E-state index is 5.92. The zero-order valence-corrected chi connectivity index (χ0v) is 16.8. The van der Waals surface area contributed by atoms with Crippen LogP contribution in [-0.4, -0.2) is 31.0 Å². The standard InChI is InChI=1S/C21H35BO3/c1-7-9-10-11-12-13-14-16-19(8-2)23-18-15-17-22-24-20(3,4)21(5,6)25-22/h10-17,19H,7-9,18H2,1-6H3/b11-10+,13-12+,16-14+,17-15+/t19-/m0/s1. The van der Waals surface area contributed by atoms with Gasteiger partial charge < -0.3 is 14.0 Å². The van der Waals surface area contributed by atoms with E-state index in [1.165, 1.54) is 6.42 Å². The van der Waals surface area contributed by atoms with Crippen LogP contribution in [0.15, 0.2) is 48.5 Å². The summed E-state index contributed by atoms with van der Waals surface area (Å²) in [5.74, 6) is 1.94. The van der Waals surface area contributed by atoms with Crippen molar-refractivity contribution in [2.45, 2.75) is 78.1 Å². The molecule has 0 spiro atoms. The van der Waals surface area contributed by atoms with Crippen molar-refractivity contribution < 1.29 is 14.0 Å². The van der Waals surface area contributed by atoms with Crippen molar-refractivity contribution in [3.8, 4) is 0 Å². The second-order valence-electron chi connectivity index (χ2n) is 7.32. The predicted octanol–water partition coefficient (Wildman–Crippen LogP) is 5.44. The summed E-state index contributed by atoms with van der Waals surface area (Å²) in [6.07, 6.45) is 17.8. The summed E-state index contributed by atoms with van der Waals surface area (Å²) < 4.78 is 17.7. The Hall–Kier alpha value is -1.10. The van der Waals surface area contributed by atoms with Crippen LogP contribution in [0.4, 0.5) is 0 Å². The zero-order chi connectivity index (χ0) is 18.8. The number of rotatable bonds is 10. The van der Waals surface area contributed by atoms with Gasteiger partial charge in [0.25, 0.3) is 0 Å². The Kier molecular flexibility index (Phi) is 9.48. The first-order valence-electron chi connectivity index (χ1n) is 9.46. The molecular formula is C21H35BO3. The Bertz CT molecular complexity index is 473. The molecule has 0 aliphatic carbocycles. The van der Waals surface area contributed by atoms with E-state index in [0.717, 1.165) is 12.8 Å². The van der Waals surface area contributed by atoms with E-state index in [1.807, 2.05) is 24.2 Å². The molecule has 1 saturated heterocycles. The number of unbranched alkanes of at least 4 members (excludes halogenated alkanes) is 1. The third-order valence-corrected chi connectivity index (χ3v) is 4.62. The molecule has 0 amide bonds. The first kappa shape index (κ1) is 21.9. The zero-order valence-electron chi connectivity index (χ0n) is 16.8. The van der Waals surface area contributed by atoms with Crippen LogP contribution >= 0.6 is 0 Å². The van der Waals surface area contributed by atoms with E-state index in [2.05, 4.69) is 65.8 Å². The summed E-state index contributed by atoms with van der Waals surface area (Å²) in [4.78, 5) is 0. The van der Waals surface area contributed by atoms with Gasteiger partial charge in [0.05, 0.1) is 23.9 Å². The Morgan fingerprint density at radius 2 is 1.56 bits per heavy atom. The highest BCUT2D eigenvalue weighted by atomic mass is 16.7. The third kappa shape index (κ3) is 7.76. The summed E-state index contributed by atoms with van der Waals surface area (Å²) in [5.41, 5.74) is -0.592. The molecule has 25 heavy (non-hydrogen) atoms. The quantitative estimate of drug-likeness (QED) is 0.389. The van der Waals surface area contributed by atoms with Crippen LogP contribution in [-0.2, 0) is 14.0 Å². The first-order valence-corrected chi connectivity index (χ1v) is 9.46. The van der Waals surface area contributed by atoms with E-state index in [0.29, 0.717) is 6.61 Å². The van der Waals surface area contributed by atoms with Crippen molar-refractivity contribution in [1.82, 2.24) is 0 Å². The average Bonchev–Trinajstić information content (AvgIpc) is 2.75. The van der Waals surface area contributed by atoms with Crippen LogP contribution in [0, 0.1) is 0 Å². The molecule has 1 fully saturated rings. The van der Waals surface area contributed by atoms with Crippen molar-refractivity contribution in [1.29, 1.82) is 0 Å². The fourth-order valence-corrected chi connectivity index (χ4v) is 2.28. The van der Waals surface area contributed by atoms with Gasteiger partial charge in [0, 0.05) is 0 Å². The Balaban J connectivity index is 2.33. The van der Waals surface area contributed by atoms with Crippen LogP contribution in [0.2, 0.25) is 0 Å². The molecule has 0 radical (unpaired) electrons. The van der Waals surface area contributed by atoms with E-state index in [4.69, 9.17) is 14.0 Å². The van der Waals surface area contributed by atoms with Gasteiger partial charge in [0.1, 0.15) is 0 Å². The monoisotopic (exact) mass is 346 g/mol. The van der Waals surface area contributed by atoms with Crippen LogP contribution in [0.25, 0.3) is 0 Å². The summed E-state index contributed by atoms with van der Waals surface area (Å²) in [7, 11) is -0.304. The minimum Gasteiger partial charge on any atom is -0.400 e. The number of allylic oxidation sites excluding steroid dienone is 5. The summed E-state index contributed by atoms with van der Waals surface area (Å²) in [5, 5.41) is 0. The van der Waals surface area contributed by atoms with Crippen molar-refractivity contribution in [2.75, 3.05) is 6.61 Å². The molecule has 0 aromatic carbocycles. The molecule has 0 aromatic heterocycles. The van der Waals surface area contributed by atoms with Crippen molar-refractivity contribution >= 4 is 7.12 Å². The maximum Gasteiger partial charge on any atom is 0.486 e. The van der Waals surface area contributed by atoms with Crippen molar-refractivity contribution in [3.05, 3.63) is 48.5 Å². The number of hydrogen-bond donors (Lipinski definition) is 0. The van der Waals surface area contributed by atoms with E-state index >= 15 is 0 Å². The van der Waals surface area contributed by atoms with Crippen LogP contribution in [0.3, 0.4) is 0 Å². The SMILES string of the molecule is CCC/C=C/C=C/C=C/[C@H](CC)OC/C=C/B1OC(C)(C)C(C)(C)O1. The van der Waals surface area contributed by atoms with E-state index in [9.17, 15) is 0 Å². The Morgan fingerprint density at radius 3 is 2.16 bits per heavy atom. The van der Waals surface area contributed by atoms with Gasteiger partial charge in [0.2, 0.25) is 0 Å². The first-order chi connectivity index (χ1) is 11.8. The average molecular weight is 346 g/mol. The lowest BCUT2D eigenvalue weighted by Crippen LogP contribution is -2.41. The summed E-state index contributed by atoms with van der Waals surface area (Å²) in [6, 6.07) is 0. The van der Waals surface area contributed by atoms with E-state index in [1.54, 1.807) is 0 Å². The molecule has 4 heteroatoms. The molecule has 1 aliphatic heterocycles. The highest BCUT2D eigenvalue weighted by Gasteiger charge is 2.49. The van der Waals surface area contributed by atoms with Crippen LogP contribution in [0.1, 0.15) is 60.8 Å². The molecular weight excluding hydrogens is 311 g/mol. The lowest BCUT2D eigenvalue weighted by atomic mass is 9.90. The molecule has 140 valence electrons. The smallest absolute Gasteiger partial charge is 0.400 e. The van der Waals surface area contributed by atoms with Gasteiger partial charge in [-0.15, -0.1) is 0 Å². The molecule has 1 heterocycles. The molecule has 0 bridgehead atoms. The van der Waals surface area contributed by atoms with Crippen LogP contribution < -0.4 is 0 Å². The van der Waals surface area contributed by atoms with Gasteiger partial charge in [-0.05, 0) is 40.5 Å². The normalized spacial score (nSPS) is 21.4. The fourth-order valence-electron chi connectivity index (χ4n) is 2.28. The van der Waals surface area contributed by atoms with E-state index < -0.39 is 0 Å². The lowest BCUT2D eigenvalue weighted by molar-refractivity contribution is 0.00578. The molecule has 1 atom stereocenters. The predicted molar refractivity (Wildman–Crippen MR) is 108 cm³/mol. The molecule has 0 saturated carbocycles. The molecule has 0 unspecified atom stereocenters. The summed E-state index contributed by atoms with van der Waals surface area (Å²) >= 11 is 0. The largest absolute Gasteiger partial charge is 0.486 e. The van der Waals surface area contributed by atoms with Gasteiger partial charge >= 0.3 is 7.12 Å². The van der Waals surface area contributed by atoms with Gasteiger partial charge in [-0.3, -0.25) is 0 Å². The minimum absolute atomic E-state index is 0.118. The lowest BCUT2D eigenvalue weighted by Gasteiger charge is -2.32. The van der Waals surface area contributed by atoms with Crippen molar-refractivity contribution in [3.63, 3.8) is 0 Å². The fraction of sp³-hybridized carbons (Fsp3) is 0.619. The Morgan fingerprint density at radius 1 is 0.920 bits per heavy atom. The van der Waals surface area contributed by atoms with Gasteiger partial charge in [-0.1, -0.05) is 68.8 Å². The molecule has 0 N–H and O–H groups in total. The number of hydrogen-bond acceptors (Lipinski definition) is 3. The Labute approximate surface area is 155 Å². The molecule has 0 aromatic rings. The number of ether oxygens (including phenoxy) is 1. The maximum absolute atomic E-state index is 5.92. The van der Waals surface area contributed by atoms with Crippen LogP contribution in [0.5, 0.6) is 0 Å². The third-order valence-electron chi connectivity index (χ3n) is 4.62. The molecule has 1 rings (SSSR count). The highest BCUT2D eigenvalue weighted by molar-refractivity contribution is 6.51. The molecule has 1 aliphatic rings. The second kappa shape index (κ2) is 10.8.